The second-order valence-electron chi connectivity index (χ2n) is 6.60. The molecule has 3 rings (SSSR count). The minimum absolute atomic E-state index is 0.00940. The van der Waals surface area contributed by atoms with Crippen LogP contribution in [0.4, 0.5) is 0 Å². The van der Waals surface area contributed by atoms with Crippen LogP contribution in [0.2, 0.25) is 5.02 Å². The van der Waals surface area contributed by atoms with E-state index >= 15 is 0 Å². The predicted molar refractivity (Wildman–Crippen MR) is 90.1 cm³/mol. The van der Waals surface area contributed by atoms with E-state index in [-0.39, 0.29) is 12.5 Å². The first kappa shape index (κ1) is 17.2. The molecule has 2 fully saturated rings. The fourth-order valence-corrected chi connectivity index (χ4v) is 4.15. The third-order valence-electron chi connectivity index (χ3n) is 5.20. The summed E-state index contributed by atoms with van der Waals surface area (Å²) in [7, 11) is 0. The molecule has 1 aromatic carbocycles. The average molecular weight is 352 g/mol. The summed E-state index contributed by atoms with van der Waals surface area (Å²) in [6.45, 7) is 1.90. The summed E-state index contributed by atoms with van der Waals surface area (Å²) in [4.78, 5) is 26.5. The van der Waals surface area contributed by atoms with E-state index in [1.165, 1.54) is 0 Å². The number of carbonyl (C=O) groups is 2. The largest absolute Gasteiger partial charge is 0.481 e. The Labute approximate surface area is 146 Å². The fraction of sp³-hybridized carbons (Fsp3) is 0.556. The highest BCUT2D eigenvalue weighted by Crippen LogP contribution is 2.40. The first-order valence-corrected chi connectivity index (χ1v) is 8.77. The van der Waals surface area contributed by atoms with Crippen molar-refractivity contribution < 1.29 is 19.4 Å². The second kappa shape index (κ2) is 7.11. The molecule has 1 aromatic rings. The minimum atomic E-state index is -0.828. The van der Waals surface area contributed by atoms with Crippen LogP contribution >= 0.6 is 11.6 Å². The number of carbonyl (C=O) groups excluding carboxylic acids is 1. The van der Waals surface area contributed by atoms with Gasteiger partial charge in [0.2, 0.25) is 5.91 Å². The highest BCUT2D eigenvalue weighted by atomic mass is 35.5. The number of carboxylic acids is 1. The van der Waals surface area contributed by atoms with Gasteiger partial charge in [-0.25, -0.2) is 0 Å². The van der Waals surface area contributed by atoms with E-state index < -0.39 is 17.3 Å². The third-order valence-corrected chi connectivity index (χ3v) is 5.53. The molecule has 0 radical (unpaired) electrons. The Morgan fingerprint density at radius 3 is 2.62 bits per heavy atom. The molecule has 24 heavy (non-hydrogen) atoms. The Balaban J connectivity index is 1.93. The van der Waals surface area contributed by atoms with E-state index in [1.54, 1.807) is 11.0 Å². The maximum Gasteiger partial charge on any atom is 0.308 e. The lowest BCUT2D eigenvalue weighted by atomic mass is 9.72. The summed E-state index contributed by atoms with van der Waals surface area (Å²) in [6.07, 6.45) is 2.49. The molecule has 0 bridgehead atoms. The molecule has 0 unspecified atom stereocenters. The van der Waals surface area contributed by atoms with Crippen molar-refractivity contribution in [3.63, 3.8) is 0 Å². The van der Waals surface area contributed by atoms with Gasteiger partial charge in [0.15, 0.2) is 0 Å². The number of benzene rings is 1. The molecule has 0 saturated carbocycles. The van der Waals surface area contributed by atoms with Crippen LogP contribution in [0.3, 0.4) is 0 Å². The Bertz CT molecular complexity index is 627. The molecular weight excluding hydrogens is 330 g/mol. The molecule has 2 aliphatic heterocycles. The van der Waals surface area contributed by atoms with Gasteiger partial charge in [-0.3, -0.25) is 9.59 Å². The fourth-order valence-electron chi connectivity index (χ4n) is 3.83. The van der Waals surface area contributed by atoms with E-state index in [0.717, 1.165) is 12.0 Å². The van der Waals surface area contributed by atoms with Crippen LogP contribution in [0.25, 0.3) is 0 Å². The summed E-state index contributed by atoms with van der Waals surface area (Å²) in [6, 6.07) is 7.45. The van der Waals surface area contributed by atoms with Gasteiger partial charge in [0.1, 0.15) is 0 Å². The summed E-state index contributed by atoms with van der Waals surface area (Å²) in [5, 5.41) is 9.88. The molecule has 0 aromatic heterocycles. The minimum Gasteiger partial charge on any atom is -0.481 e. The first-order chi connectivity index (χ1) is 11.5. The third kappa shape index (κ3) is 3.15. The molecule has 1 atom stereocenters. The number of nitrogens with zero attached hydrogens (tertiary/aromatic N) is 1. The Morgan fingerprint density at radius 2 is 1.96 bits per heavy atom. The van der Waals surface area contributed by atoms with Gasteiger partial charge >= 0.3 is 5.97 Å². The van der Waals surface area contributed by atoms with Crippen LogP contribution in [0.1, 0.15) is 31.2 Å². The van der Waals surface area contributed by atoms with Crippen molar-refractivity contribution in [3.8, 4) is 0 Å². The number of amides is 1. The Kier molecular flexibility index (Phi) is 5.11. The van der Waals surface area contributed by atoms with Crippen LogP contribution < -0.4 is 0 Å². The topological polar surface area (TPSA) is 66.8 Å². The number of hydrogen-bond acceptors (Lipinski definition) is 3. The molecule has 1 amide bonds. The predicted octanol–water partition coefficient (Wildman–Crippen LogP) is 2.71. The number of likely N-dealkylation sites (tertiary alicyclic amines) is 1. The molecule has 1 N–H and O–H groups in total. The van der Waals surface area contributed by atoms with Gasteiger partial charge in [-0.2, -0.15) is 0 Å². The van der Waals surface area contributed by atoms with Gasteiger partial charge in [0, 0.05) is 31.3 Å². The zero-order chi connectivity index (χ0) is 17.2. The number of rotatable bonds is 3. The van der Waals surface area contributed by atoms with E-state index in [9.17, 15) is 14.7 Å². The quantitative estimate of drug-likeness (QED) is 0.909. The summed E-state index contributed by atoms with van der Waals surface area (Å²) >= 11 is 6.40. The SMILES string of the molecule is O=C(O)[C@H]1CCCN(C(=O)C2(c3ccccc3Cl)CCOCC2)C1. The van der Waals surface area contributed by atoms with Crippen LogP contribution in [-0.4, -0.2) is 48.2 Å². The number of hydrogen-bond donors (Lipinski definition) is 1. The first-order valence-electron chi connectivity index (χ1n) is 8.39. The summed E-state index contributed by atoms with van der Waals surface area (Å²) in [5.74, 6) is -1.32. The monoisotopic (exact) mass is 351 g/mol. The molecule has 0 spiro atoms. The summed E-state index contributed by atoms with van der Waals surface area (Å²) in [5.41, 5.74) is 0.120. The molecule has 2 heterocycles. The lowest BCUT2D eigenvalue weighted by molar-refractivity contribution is -0.149. The molecule has 130 valence electrons. The zero-order valence-electron chi connectivity index (χ0n) is 13.5. The molecule has 0 aliphatic carbocycles. The number of halogens is 1. The van der Waals surface area contributed by atoms with E-state index in [0.29, 0.717) is 44.0 Å². The van der Waals surface area contributed by atoms with Crippen LogP contribution in [0, 0.1) is 5.92 Å². The lowest BCUT2D eigenvalue weighted by Crippen LogP contribution is -2.53. The van der Waals surface area contributed by atoms with Crippen molar-refractivity contribution in [2.45, 2.75) is 31.1 Å². The van der Waals surface area contributed by atoms with Crippen molar-refractivity contribution in [1.82, 2.24) is 4.90 Å². The van der Waals surface area contributed by atoms with E-state index in [4.69, 9.17) is 16.3 Å². The molecule has 5 nitrogen and oxygen atoms in total. The van der Waals surface area contributed by atoms with Crippen molar-refractivity contribution in [2.24, 2.45) is 5.92 Å². The lowest BCUT2D eigenvalue weighted by Gasteiger charge is -2.42. The maximum atomic E-state index is 13.4. The van der Waals surface area contributed by atoms with Gasteiger partial charge in [0.05, 0.1) is 11.3 Å². The van der Waals surface area contributed by atoms with Crippen molar-refractivity contribution in [3.05, 3.63) is 34.9 Å². The number of aliphatic carboxylic acids is 1. The maximum absolute atomic E-state index is 13.4. The van der Waals surface area contributed by atoms with Crippen LogP contribution in [-0.2, 0) is 19.7 Å². The standard InChI is InChI=1S/C18H22ClNO4/c19-15-6-2-1-5-14(15)18(7-10-24-11-8-18)17(23)20-9-3-4-13(12-20)16(21)22/h1-2,5-6,13H,3-4,7-12H2,(H,21,22)/t13-/m0/s1. The van der Waals surface area contributed by atoms with E-state index in [1.807, 2.05) is 18.2 Å². The van der Waals surface area contributed by atoms with Gasteiger partial charge in [0.25, 0.3) is 0 Å². The molecule has 2 aliphatic rings. The smallest absolute Gasteiger partial charge is 0.308 e. The van der Waals surface area contributed by atoms with Gasteiger partial charge in [-0.15, -0.1) is 0 Å². The second-order valence-corrected chi connectivity index (χ2v) is 7.01. The van der Waals surface area contributed by atoms with Crippen molar-refractivity contribution >= 4 is 23.5 Å². The van der Waals surface area contributed by atoms with Crippen LogP contribution in [0.15, 0.2) is 24.3 Å². The van der Waals surface area contributed by atoms with Crippen LogP contribution in [0.5, 0.6) is 0 Å². The average Bonchev–Trinajstić information content (AvgIpc) is 2.62. The highest BCUT2D eigenvalue weighted by Gasteiger charge is 2.46. The molecular formula is C18H22ClNO4. The zero-order valence-corrected chi connectivity index (χ0v) is 14.3. The Hall–Kier alpha value is -1.59. The number of carboxylic acid groups (broad SMARTS) is 1. The van der Waals surface area contributed by atoms with E-state index in [2.05, 4.69) is 0 Å². The van der Waals surface area contributed by atoms with Crippen molar-refractivity contribution in [2.75, 3.05) is 26.3 Å². The highest BCUT2D eigenvalue weighted by molar-refractivity contribution is 6.31. The molecule has 2 saturated heterocycles. The number of ether oxygens (including phenoxy) is 1. The molecule has 6 heteroatoms. The van der Waals surface area contributed by atoms with Crippen molar-refractivity contribution in [1.29, 1.82) is 0 Å². The van der Waals surface area contributed by atoms with Gasteiger partial charge < -0.3 is 14.7 Å². The summed E-state index contributed by atoms with van der Waals surface area (Å²) < 4.78 is 5.48. The van der Waals surface area contributed by atoms with Gasteiger partial charge in [-0.05, 0) is 37.3 Å². The normalized spacial score (nSPS) is 23.7. The Morgan fingerprint density at radius 1 is 1.25 bits per heavy atom. The number of piperidine rings is 1. The van der Waals surface area contributed by atoms with Gasteiger partial charge in [-0.1, -0.05) is 29.8 Å².